The van der Waals surface area contributed by atoms with E-state index in [0.717, 1.165) is 19.0 Å². The van der Waals surface area contributed by atoms with Gasteiger partial charge in [0.05, 0.1) is 24.6 Å². The molecule has 1 N–H and O–H groups in total. The first-order chi connectivity index (χ1) is 4.29. The fraction of sp³-hybridized carbons (Fsp3) is 1.00. The lowest BCUT2D eigenvalue weighted by Gasteiger charge is -2.25. The summed E-state index contributed by atoms with van der Waals surface area (Å²) in [7, 11) is 0. The van der Waals surface area contributed by atoms with Gasteiger partial charge in [-0.05, 0) is 6.92 Å². The molecule has 54 valence electrons. The molecule has 0 aromatic rings. The van der Waals surface area contributed by atoms with Gasteiger partial charge < -0.3 is 9.84 Å². The van der Waals surface area contributed by atoms with Gasteiger partial charge >= 0.3 is 0 Å². The Balaban J connectivity index is 1.91. The summed E-state index contributed by atoms with van der Waals surface area (Å²) in [6.45, 7) is 3.56. The molecule has 1 heterocycles. The number of rotatable bonds is 3. The summed E-state index contributed by atoms with van der Waals surface area (Å²) >= 11 is 1.80. The molecule has 0 saturated carbocycles. The number of aliphatic hydroxyl groups is 1. The van der Waals surface area contributed by atoms with E-state index in [1.54, 1.807) is 11.8 Å². The predicted molar refractivity (Wildman–Crippen MR) is 38.7 cm³/mol. The molecule has 2 nitrogen and oxygen atoms in total. The first-order valence-electron chi connectivity index (χ1n) is 3.16. The average molecular weight is 148 g/mol. The van der Waals surface area contributed by atoms with E-state index < -0.39 is 0 Å². The van der Waals surface area contributed by atoms with Crippen LogP contribution in [-0.4, -0.2) is 35.4 Å². The molecule has 1 aliphatic heterocycles. The Labute approximate surface area is 59.6 Å². The first-order valence-corrected chi connectivity index (χ1v) is 4.21. The van der Waals surface area contributed by atoms with E-state index in [1.807, 2.05) is 6.92 Å². The maximum absolute atomic E-state index is 8.86. The molecule has 0 amide bonds. The Kier molecular flexibility index (Phi) is 2.82. The standard InChI is InChI=1S/C6H12O2S/c1-5(7)4-9-6-2-8-3-6/h5-7H,2-4H2,1H3/t5-/m1/s1. The van der Waals surface area contributed by atoms with Gasteiger partial charge in [0.2, 0.25) is 0 Å². The number of ether oxygens (including phenoxy) is 1. The van der Waals surface area contributed by atoms with Crippen molar-refractivity contribution in [2.24, 2.45) is 0 Å². The zero-order chi connectivity index (χ0) is 6.69. The number of hydrogen-bond acceptors (Lipinski definition) is 3. The Hall–Kier alpha value is 0.270. The van der Waals surface area contributed by atoms with Gasteiger partial charge in [-0.25, -0.2) is 0 Å². The van der Waals surface area contributed by atoms with Crippen LogP contribution in [0.15, 0.2) is 0 Å². The summed E-state index contributed by atoms with van der Waals surface area (Å²) in [5.41, 5.74) is 0. The molecule has 3 heteroatoms. The van der Waals surface area contributed by atoms with E-state index >= 15 is 0 Å². The van der Waals surface area contributed by atoms with Crippen LogP contribution in [0.4, 0.5) is 0 Å². The van der Waals surface area contributed by atoms with E-state index in [9.17, 15) is 0 Å². The van der Waals surface area contributed by atoms with Gasteiger partial charge in [-0.3, -0.25) is 0 Å². The molecule has 1 aliphatic rings. The van der Waals surface area contributed by atoms with Crippen LogP contribution in [0.3, 0.4) is 0 Å². The van der Waals surface area contributed by atoms with Crippen LogP contribution in [0.25, 0.3) is 0 Å². The Morgan fingerprint density at radius 1 is 1.78 bits per heavy atom. The van der Waals surface area contributed by atoms with Crippen LogP contribution in [0.5, 0.6) is 0 Å². The van der Waals surface area contributed by atoms with E-state index in [1.165, 1.54) is 0 Å². The van der Waals surface area contributed by atoms with Crippen molar-refractivity contribution < 1.29 is 9.84 Å². The number of hydrogen-bond donors (Lipinski definition) is 1. The lowest BCUT2D eigenvalue weighted by Crippen LogP contribution is -2.31. The van der Waals surface area contributed by atoms with Crippen molar-refractivity contribution in [1.82, 2.24) is 0 Å². The maximum atomic E-state index is 8.86. The minimum absolute atomic E-state index is 0.171. The van der Waals surface area contributed by atoms with Crippen LogP contribution in [0.2, 0.25) is 0 Å². The topological polar surface area (TPSA) is 29.5 Å². The maximum Gasteiger partial charge on any atom is 0.0607 e. The predicted octanol–water partition coefficient (Wildman–Crippen LogP) is 0.499. The van der Waals surface area contributed by atoms with Crippen molar-refractivity contribution in [3.63, 3.8) is 0 Å². The smallest absolute Gasteiger partial charge is 0.0607 e. The second kappa shape index (κ2) is 3.44. The molecule has 1 rings (SSSR count). The third kappa shape index (κ3) is 2.56. The molecule has 0 aromatic carbocycles. The minimum Gasteiger partial charge on any atom is -0.393 e. The van der Waals surface area contributed by atoms with Crippen molar-refractivity contribution in [1.29, 1.82) is 0 Å². The van der Waals surface area contributed by atoms with E-state index in [4.69, 9.17) is 9.84 Å². The minimum atomic E-state index is -0.171. The van der Waals surface area contributed by atoms with Crippen LogP contribution in [-0.2, 0) is 4.74 Å². The van der Waals surface area contributed by atoms with Crippen molar-refractivity contribution in [3.05, 3.63) is 0 Å². The summed E-state index contributed by atoms with van der Waals surface area (Å²) in [6.07, 6.45) is -0.171. The van der Waals surface area contributed by atoms with Gasteiger partial charge in [-0.15, -0.1) is 0 Å². The van der Waals surface area contributed by atoms with Gasteiger partial charge in [0.15, 0.2) is 0 Å². The fourth-order valence-corrected chi connectivity index (χ4v) is 1.52. The highest BCUT2D eigenvalue weighted by Crippen LogP contribution is 2.19. The zero-order valence-electron chi connectivity index (χ0n) is 5.54. The molecular formula is C6H12O2S. The summed E-state index contributed by atoms with van der Waals surface area (Å²) in [6, 6.07) is 0. The second-order valence-electron chi connectivity index (χ2n) is 2.34. The highest BCUT2D eigenvalue weighted by Gasteiger charge is 2.18. The molecular weight excluding hydrogens is 136 g/mol. The lowest BCUT2D eigenvalue weighted by molar-refractivity contribution is 0.0453. The normalized spacial score (nSPS) is 23.3. The summed E-state index contributed by atoms with van der Waals surface area (Å²) in [4.78, 5) is 0. The molecule has 0 bridgehead atoms. The van der Waals surface area contributed by atoms with Gasteiger partial charge in [0.1, 0.15) is 0 Å². The Bertz CT molecular complexity index is 81.1. The highest BCUT2D eigenvalue weighted by atomic mass is 32.2. The van der Waals surface area contributed by atoms with Crippen molar-refractivity contribution in [2.45, 2.75) is 18.3 Å². The third-order valence-electron chi connectivity index (χ3n) is 1.18. The summed E-state index contributed by atoms with van der Waals surface area (Å²) < 4.78 is 4.96. The quantitative estimate of drug-likeness (QED) is 0.632. The largest absolute Gasteiger partial charge is 0.393 e. The molecule has 0 aliphatic carbocycles. The first kappa shape index (κ1) is 7.38. The van der Waals surface area contributed by atoms with Crippen LogP contribution in [0.1, 0.15) is 6.92 Å². The second-order valence-corrected chi connectivity index (χ2v) is 3.68. The van der Waals surface area contributed by atoms with Crippen LogP contribution >= 0.6 is 11.8 Å². The Morgan fingerprint density at radius 3 is 2.78 bits per heavy atom. The average Bonchev–Trinajstić information content (AvgIpc) is 1.60. The fourth-order valence-electron chi connectivity index (χ4n) is 0.586. The van der Waals surface area contributed by atoms with Gasteiger partial charge in [0.25, 0.3) is 0 Å². The number of aliphatic hydroxyl groups excluding tert-OH is 1. The lowest BCUT2D eigenvalue weighted by atomic mass is 10.4. The number of thioether (sulfide) groups is 1. The Morgan fingerprint density at radius 2 is 2.44 bits per heavy atom. The van der Waals surface area contributed by atoms with E-state index in [-0.39, 0.29) is 6.10 Å². The van der Waals surface area contributed by atoms with Gasteiger partial charge in [0, 0.05) is 5.75 Å². The monoisotopic (exact) mass is 148 g/mol. The molecule has 1 saturated heterocycles. The molecule has 9 heavy (non-hydrogen) atoms. The zero-order valence-corrected chi connectivity index (χ0v) is 6.36. The highest BCUT2D eigenvalue weighted by molar-refractivity contribution is 8.00. The molecule has 0 unspecified atom stereocenters. The van der Waals surface area contributed by atoms with E-state index in [2.05, 4.69) is 0 Å². The van der Waals surface area contributed by atoms with Crippen LogP contribution < -0.4 is 0 Å². The molecule has 0 aromatic heterocycles. The van der Waals surface area contributed by atoms with Crippen molar-refractivity contribution in [3.8, 4) is 0 Å². The van der Waals surface area contributed by atoms with Gasteiger partial charge in [-0.1, -0.05) is 0 Å². The van der Waals surface area contributed by atoms with Crippen molar-refractivity contribution >= 4 is 11.8 Å². The molecule has 0 spiro atoms. The third-order valence-corrected chi connectivity index (χ3v) is 2.60. The molecule has 1 atom stereocenters. The molecule has 1 fully saturated rings. The SMILES string of the molecule is C[C@@H](O)CSC1COC1. The van der Waals surface area contributed by atoms with Gasteiger partial charge in [-0.2, -0.15) is 11.8 Å². The molecule has 0 radical (unpaired) electrons. The summed E-state index contributed by atoms with van der Waals surface area (Å²) in [5.74, 6) is 0.841. The van der Waals surface area contributed by atoms with E-state index in [0.29, 0.717) is 5.25 Å². The summed E-state index contributed by atoms with van der Waals surface area (Å²) in [5, 5.41) is 9.51. The van der Waals surface area contributed by atoms with Crippen molar-refractivity contribution in [2.75, 3.05) is 19.0 Å². The van der Waals surface area contributed by atoms with Crippen LogP contribution in [0, 0.1) is 0 Å².